The summed E-state index contributed by atoms with van der Waals surface area (Å²) in [5.41, 5.74) is 2.90. The fourth-order valence-electron chi connectivity index (χ4n) is 6.38. The average molecular weight is 416 g/mol. The fourth-order valence-corrected chi connectivity index (χ4v) is 7.46. The highest BCUT2D eigenvalue weighted by Gasteiger charge is 2.73. The number of nitrogens with zero attached hydrogens (tertiary/aromatic N) is 1. The summed E-state index contributed by atoms with van der Waals surface area (Å²) in [6.07, 6.45) is 3.86. The first-order valence-electron chi connectivity index (χ1n) is 10.7. The molecule has 2 aromatic carbocycles. The molecule has 5 nitrogen and oxygen atoms in total. The Morgan fingerprint density at radius 2 is 1.97 bits per heavy atom. The van der Waals surface area contributed by atoms with Gasteiger partial charge in [0, 0.05) is 23.9 Å². The SMILES string of the molecule is CCN(CC)S(=O)(=O)Oc1ccc2c3c(ccc2c1)[C@]12C[C@H]1C[C@H](O)[C@@]2(C)CC3. The van der Waals surface area contributed by atoms with Gasteiger partial charge in [-0.25, -0.2) is 0 Å². The van der Waals surface area contributed by atoms with E-state index in [9.17, 15) is 13.5 Å². The Bertz CT molecular complexity index is 1090. The molecule has 0 bridgehead atoms. The van der Waals surface area contributed by atoms with Crippen molar-refractivity contribution in [1.82, 2.24) is 4.31 Å². The molecule has 1 spiro atoms. The molecule has 4 atom stereocenters. The second-order valence-corrected chi connectivity index (χ2v) is 10.7. The first-order chi connectivity index (χ1) is 13.8. The summed E-state index contributed by atoms with van der Waals surface area (Å²) >= 11 is 0. The van der Waals surface area contributed by atoms with Crippen molar-refractivity contribution in [2.75, 3.05) is 13.1 Å². The van der Waals surface area contributed by atoms with Gasteiger partial charge in [-0.3, -0.25) is 0 Å². The zero-order valence-corrected chi connectivity index (χ0v) is 18.1. The topological polar surface area (TPSA) is 66.8 Å². The molecule has 0 aromatic heterocycles. The molecule has 2 fully saturated rings. The minimum Gasteiger partial charge on any atom is -0.393 e. The van der Waals surface area contributed by atoms with Gasteiger partial charge in [0.1, 0.15) is 5.75 Å². The summed E-state index contributed by atoms with van der Waals surface area (Å²) in [4.78, 5) is 0. The van der Waals surface area contributed by atoms with Crippen LogP contribution in [0, 0.1) is 11.3 Å². The molecule has 0 unspecified atom stereocenters. The normalized spacial score (nSPS) is 32.7. The lowest BCUT2D eigenvalue weighted by molar-refractivity contribution is 0.0221. The number of hydrogen-bond acceptors (Lipinski definition) is 4. The molecule has 0 heterocycles. The van der Waals surface area contributed by atoms with E-state index >= 15 is 0 Å². The minimum absolute atomic E-state index is 0.0146. The van der Waals surface area contributed by atoms with Crippen LogP contribution in [-0.4, -0.2) is 37.0 Å². The summed E-state index contributed by atoms with van der Waals surface area (Å²) in [6, 6.07) is 9.91. The Kier molecular flexibility index (Phi) is 4.13. The van der Waals surface area contributed by atoms with Crippen LogP contribution in [0.3, 0.4) is 0 Å². The van der Waals surface area contributed by atoms with E-state index in [-0.39, 0.29) is 16.9 Å². The van der Waals surface area contributed by atoms with Crippen molar-refractivity contribution in [1.29, 1.82) is 0 Å². The van der Waals surface area contributed by atoms with Crippen LogP contribution in [0.1, 0.15) is 51.2 Å². The first kappa shape index (κ1) is 19.3. The average Bonchev–Trinajstić information content (AvgIpc) is 3.34. The lowest BCUT2D eigenvalue weighted by atomic mass is 9.61. The van der Waals surface area contributed by atoms with Crippen LogP contribution in [0.5, 0.6) is 5.75 Å². The van der Waals surface area contributed by atoms with E-state index in [2.05, 4.69) is 19.1 Å². The molecule has 0 amide bonds. The quantitative estimate of drug-likeness (QED) is 0.807. The third kappa shape index (κ3) is 2.49. The zero-order valence-electron chi connectivity index (χ0n) is 17.3. The molecule has 3 aliphatic rings. The van der Waals surface area contributed by atoms with Crippen LogP contribution in [0.4, 0.5) is 0 Å². The van der Waals surface area contributed by atoms with Crippen molar-refractivity contribution in [3.8, 4) is 5.75 Å². The second kappa shape index (κ2) is 6.19. The van der Waals surface area contributed by atoms with Crippen LogP contribution in [0.2, 0.25) is 0 Å². The largest absolute Gasteiger partial charge is 0.393 e. The van der Waals surface area contributed by atoms with Gasteiger partial charge >= 0.3 is 10.3 Å². The van der Waals surface area contributed by atoms with Gasteiger partial charge in [-0.1, -0.05) is 39.0 Å². The molecule has 2 aromatic rings. The van der Waals surface area contributed by atoms with Crippen molar-refractivity contribution < 1.29 is 17.7 Å². The maximum Gasteiger partial charge on any atom is 0.385 e. The number of aliphatic hydroxyl groups excluding tert-OH is 1. The molecule has 0 saturated heterocycles. The number of aryl methyl sites for hydroxylation is 1. The van der Waals surface area contributed by atoms with Crippen molar-refractivity contribution in [2.24, 2.45) is 11.3 Å². The molecular weight excluding hydrogens is 386 g/mol. The molecule has 29 heavy (non-hydrogen) atoms. The smallest absolute Gasteiger partial charge is 0.385 e. The molecule has 0 aliphatic heterocycles. The van der Waals surface area contributed by atoms with Crippen LogP contribution < -0.4 is 4.18 Å². The molecule has 0 radical (unpaired) electrons. The predicted octanol–water partition coefficient (Wildman–Crippen LogP) is 3.78. The third-order valence-corrected chi connectivity index (χ3v) is 9.62. The highest BCUT2D eigenvalue weighted by Crippen LogP contribution is 2.75. The van der Waals surface area contributed by atoms with E-state index < -0.39 is 10.3 Å². The Morgan fingerprint density at radius 3 is 2.69 bits per heavy atom. The first-order valence-corrected chi connectivity index (χ1v) is 12.1. The Labute approximate surface area is 172 Å². The van der Waals surface area contributed by atoms with Gasteiger partial charge in [0.25, 0.3) is 0 Å². The third-order valence-electron chi connectivity index (χ3n) is 8.07. The molecule has 6 heteroatoms. The lowest BCUT2D eigenvalue weighted by Crippen LogP contribution is -2.42. The van der Waals surface area contributed by atoms with E-state index in [1.165, 1.54) is 27.2 Å². The van der Waals surface area contributed by atoms with E-state index in [0.717, 1.165) is 24.6 Å². The van der Waals surface area contributed by atoms with Crippen molar-refractivity contribution >= 4 is 21.1 Å². The predicted molar refractivity (Wildman–Crippen MR) is 113 cm³/mol. The summed E-state index contributed by atoms with van der Waals surface area (Å²) in [5, 5.41) is 12.9. The van der Waals surface area contributed by atoms with E-state index in [0.29, 0.717) is 24.8 Å². The van der Waals surface area contributed by atoms with Crippen LogP contribution in [0.15, 0.2) is 30.3 Å². The Morgan fingerprint density at radius 1 is 1.21 bits per heavy atom. The summed E-state index contributed by atoms with van der Waals surface area (Å²) < 4.78 is 31.6. The van der Waals surface area contributed by atoms with Gasteiger partial charge in [0.2, 0.25) is 0 Å². The molecule has 156 valence electrons. The van der Waals surface area contributed by atoms with E-state index in [1.807, 2.05) is 12.1 Å². The van der Waals surface area contributed by atoms with Crippen LogP contribution in [0.25, 0.3) is 10.8 Å². The standard InChI is InChI=1S/C23H29NO4S/c1-4-24(5-2)29(26,27)28-17-7-8-18-15(12-17)6-9-20-19(18)10-11-22(3)21(25)13-16-14-23(16,20)22/h6-9,12,16,21,25H,4-5,10-11,13-14H2,1-3H3/t16-,21+,22-,23+/m1/s1. The van der Waals surface area contributed by atoms with Gasteiger partial charge in [-0.15, -0.1) is 0 Å². The minimum atomic E-state index is -3.79. The van der Waals surface area contributed by atoms with E-state index in [1.54, 1.807) is 19.9 Å². The fraction of sp³-hybridized carbons (Fsp3) is 0.565. The zero-order chi connectivity index (χ0) is 20.6. The van der Waals surface area contributed by atoms with Gasteiger partial charge in [0.05, 0.1) is 6.10 Å². The summed E-state index contributed by atoms with van der Waals surface area (Å²) in [7, 11) is -3.79. The van der Waals surface area contributed by atoms with Gasteiger partial charge in [0.15, 0.2) is 0 Å². The maximum absolute atomic E-state index is 12.4. The molecular formula is C23H29NO4S. The van der Waals surface area contributed by atoms with Crippen molar-refractivity contribution in [3.05, 3.63) is 41.5 Å². The van der Waals surface area contributed by atoms with Gasteiger partial charge in [-0.05, 0) is 65.6 Å². The number of benzene rings is 2. The molecule has 3 aliphatic carbocycles. The van der Waals surface area contributed by atoms with Crippen LogP contribution in [-0.2, 0) is 22.1 Å². The van der Waals surface area contributed by atoms with Crippen molar-refractivity contribution in [3.63, 3.8) is 0 Å². The number of hydrogen-bond donors (Lipinski definition) is 1. The second-order valence-electron chi connectivity index (χ2n) is 9.14. The lowest BCUT2D eigenvalue weighted by Gasteiger charge is -2.43. The highest BCUT2D eigenvalue weighted by atomic mass is 32.2. The summed E-state index contributed by atoms with van der Waals surface area (Å²) in [6.45, 7) is 6.64. The summed E-state index contributed by atoms with van der Waals surface area (Å²) in [5.74, 6) is 0.949. The highest BCUT2D eigenvalue weighted by molar-refractivity contribution is 7.84. The van der Waals surface area contributed by atoms with Gasteiger partial charge in [-0.2, -0.15) is 12.7 Å². The Hall–Kier alpha value is -1.63. The Balaban J connectivity index is 1.54. The monoisotopic (exact) mass is 415 g/mol. The van der Waals surface area contributed by atoms with Gasteiger partial charge < -0.3 is 9.29 Å². The number of fused-ring (bicyclic) bond motifs is 3. The van der Waals surface area contributed by atoms with E-state index in [4.69, 9.17) is 4.18 Å². The number of aliphatic hydroxyl groups is 1. The molecule has 5 rings (SSSR count). The number of rotatable bonds is 5. The maximum atomic E-state index is 12.4. The van der Waals surface area contributed by atoms with Crippen molar-refractivity contribution in [2.45, 2.75) is 58.0 Å². The molecule has 1 N–H and O–H groups in total. The molecule has 2 saturated carbocycles. The van der Waals surface area contributed by atoms with Crippen LogP contribution >= 0.6 is 0 Å².